The van der Waals surface area contributed by atoms with Crippen molar-refractivity contribution < 1.29 is 14.2 Å². The molecule has 7 heavy (non-hydrogen) atoms. The number of rotatable bonds is 3. The number of hydrogen-bond acceptors (Lipinski definition) is 2. The Morgan fingerprint density at radius 3 is 2.57 bits per heavy atom. The van der Waals surface area contributed by atoms with Crippen LogP contribution in [0.3, 0.4) is 0 Å². The molecule has 0 saturated heterocycles. The highest BCUT2D eigenvalue weighted by atomic mass is 19.1. The van der Waals surface area contributed by atoms with Gasteiger partial charge in [-0.3, -0.25) is 0 Å². The molecule has 0 aliphatic rings. The molecule has 44 valence electrons. The summed E-state index contributed by atoms with van der Waals surface area (Å²) in [6.45, 7) is -0.648. The fourth-order valence-corrected chi connectivity index (χ4v) is 0.237. The number of hydrogen-bond donors (Lipinski definition) is 1. The zero-order valence-corrected chi connectivity index (χ0v) is 4.22. The summed E-state index contributed by atoms with van der Waals surface area (Å²) in [5.74, 6) is 0. The summed E-state index contributed by atoms with van der Waals surface area (Å²) in [7, 11) is 1.42. The van der Waals surface area contributed by atoms with E-state index < -0.39 is 12.8 Å². The van der Waals surface area contributed by atoms with Gasteiger partial charge in [-0.05, 0) is 0 Å². The first-order valence-electron chi connectivity index (χ1n) is 2.04. The third kappa shape index (κ3) is 3.69. The van der Waals surface area contributed by atoms with Crippen molar-refractivity contribution in [3.05, 3.63) is 0 Å². The molecule has 0 saturated carbocycles. The zero-order valence-electron chi connectivity index (χ0n) is 4.22. The second-order valence-electron chi connectivity index (χ2n) is 1.26. The van der Waals surface area contributed by atoms with E-state index in [1.807, 2.05) is 0 Å². The van der Waals surface area contributed by atoms with Gasteiger partial charge in [0.15, 0.2) is 0 Å². The third-order valence-electron chi connectivity index (χ3n) is 0.537. The van der Waals surface area contributed by atoms with Crippen molar-refractivity contribution in [1.29, 1.82) is 0 Å². The van der Waals surface area contributed by atoms with Crippen LogP contribution >= 0.6 is 0 Å². The molecule has 0 fully saturated rings. The maximum absolute atomic E-state index is 11.2. The van der Waals surface area contributed by atoms with Crippen LogP contribution in [0, 0.1) is 0 Å². The molecule has 2 nitrogen and oxygen atoms in total. The van der Waals surface area contributed by atoms with Crippen molar-refractivity contribution in [2.24, 2.45) is 0 Å². The van der Waals surface area contributed by atoms with E-state index in [-0.39, 0.29) is 6.61 Å². The molecule has 0 aromatic heterocycles. The first kappa shape index (κ1) is 6.85. The Labute approximate surface area is 41.9 Å². The maximum Gasteiger partial charge on any atom is 0.118 e. The minimum absolute atomic E-state index is 0.0799. The standard InChI is InChI=1S/C4H9FO2/c1-7-3-4(6)2-5/h4,6H,2-3H2,1H3/t4-/m1/s1. The Morgan fingerprint density at radius 1 is 1.86 bits per heavy atom. The number of methoxy groups -OCH3 is 1. The molecular weight excluding hydrogens is 99.0 g/mol. The molecule has 0 aliphatic carbocycles. The van der Waals surface area contributed by atoms with Crippen LogP contribution in [0.5, 0.6) is 0 Å². The molecule has 0 unspecified atom stereocenters. The van der Waals surface area contributed by atoms with Crippen LogP contribution < -0.4 is 0 Å². The number of aliphatic hydroxyl groups excluding tert-OH is 1. The van der Waals surface area contributed by atoms with Crippen LogP contribution in [-0.4, -0.2) is 31.6 Å². The van der Waals surface area contributed by atoms with Gasteiger partial charge in [0, 0.05) is 7.11 Å². The minimum Gasteiger partial charge on any atom is -0.388 e. The Kier molecular flexibility index (Phi) is 3.93. The van der Waals surface area contributed by atoms with Gasteiger partial charge in [-0.1, -0.05) is 0 Å². The molecule has 0 rings (SSSR count). The molecule has 3 heteroatoms. The first-order chi connectivity index (χ1) is 3.31. The zero-order chi connectivity index (χ0) is 5.70. The minimum atomic E-state index is -0.940. The monoisotopic (exact) mass is 108 g/mol. The topological polar surface area (TPSA) is 29.5 Å². The quantitative estimate of drug-likeness (QED) is 0.549. The van der Waals surface area contributed by atoms with Gasteiger partial charge in [0.25, 0.3) is 0 Å². The lowest BCUT2D eigenvalue weighted by Gasteiger charge is -2.00. The first-order valence-corrected chi connectivity index (χ1v) is 2.04. The average molecular weight is 108 g/mol. The van der Waals surface area contributed by atoms with E-state index in [4.69, 9.17) is 5.11 Å². The summed E-state index contributed by atoms with van der Waals surface area (Å²) in [6, 6.07) is 0. The van der Waals surface area contributed by atoms with E-state index in [0.717, 1.165) is 0 Å². The number of halogens is 1. The summed E-state index contributed by atoms with van der Waals surface area (Å²) in [5.41, 5.74) is 0. The summed E-state index contributed by atoms with van der Waals surface area (Å²) < 4.78 is 15.6. The fourth-order valence-electron chi connectivity index (χ4n) is 0.237. The summed E-state index contributed by atoms with van der Waals surface area (Å²) in [6.07, 6.45) is -0.940. The Hall–Kier alpha value is -0.150. The maximum atomic E-state index is 11.2. The van der Waals surface area contributed by atoms with Crippen molar-refractivity contribution in [2.75, 3.05) is 20.4 Å². The Bertz CT molecular complexity index is 40.7. The van der Waals surface area contributed by atoms with Crippen LogP contribution in [-0.2, 0) is 4.74 Å². The van der Waals surface area contributed by atoms with Crippen molar-refractivity contribution in [1.82, 2.24) is 0 Å². The van der Waals surface area contributed by atoms with Crippen LogP contribution in [0.15, 0.2) is 0 Å². The summed E-state index contributed by atoms with van der Waals surface area (Å²) in [5, 5.41) is 8.36. The van der Waals surface area contributed by atoms with E-state index in [0.29, 0.717) is 0 Å². The molecule has 1 N–H and O–H groups in total. The normalized spacial score (nSPS) is 14.1. The van der Waals surface area contributed by atoms with Crippen LogP contribution in [0.25, 0.3) is 0 Å². The van der Waals surface area contributed by atoms with Crippen molar-refractivity contribution in [3.63, 3.8) is 0 Å². The molecule has 0 spiro atoms. The number of ether oxygens (including phenoxy) is 1. The third-order valence-corrected chi connectivity index (χ3v) is 0.537. The van der Waals surface area contributed by atoms with E-state index in [1.54, 1.807) is 0 Å². The summed E-state index contributed by atoms with van der Waals surface area (Å²) >= 11 is 0. The fraction of sp³-hybridized carbons (Fsp3) is 1.00. The highest BCUT2D eigenvalue weighted by Crippen LogP contribution is 1.82. The van der Waals surface area contributed by atoms with Crippen LogP contribution in [0.2, 0.25) is 0 Å². The molecule has 0 heterocycles. The lowest BCUT2D eigenvalue weighted by atomic mass is 10.4. The lowest BCUT2D eigenvalue weighted by molar-refractivity contribution is 0.0482. The second-order valence-corrected chi connectivity index (χ2v) is 1.26. The highest BCUT2D eigenvalue weighted by Gasteiger charge is 1.98. The van der Waals surface area contributed by atoms with E-state index >= 15 is 0 Å². The van der Waals surface area contributed by atoms with Crippen molar-refractivity contribution in [3.8, 4) is 0 Å². The largest absolute Gasteiger partial charge is 0.388 e. The lowest BCUT2D eigenvalue weighted by Crippen LogP contribution is -2.15. The molecule has 0 aliphatic heterocycles. The molecular formula is C4H9FO2. The van der Waals surface area contributed by atoms with Gasteiger partial charge < -0.3 is 9.84 Å². The smallest absolute Gasteiger partial charge is 0.118 e. The second kappa shape index (κ2) is 4.02. The molecule has 0 aromatic carbocycles. The van der Waals surface area contributed by atoms with E-state index in [1.165, 1.54) is 7.11 Å². The molecule has 0 amide bonds. The SMILES string of the molecule is COC[C@H](O)CF. The molecule has 0 bridgehead atoms. The van der Waals surface area contributed by atoms with Crippen molar-refractivity contribution >= 4 is 0 Å². The Balaban J connectivity index is 2.83. The van der Waals surface area contributed by atoms with Crippen LogP contribution in [0.4, 0.5) is 4.39 Å². The summed E-state index contributed by atoms with van der Waals surface area (Å²) in [4.78, 5) is 0. The highest BCUT2D eigenvalue weighted by molar-refractivity contribution is 4.46. The van der Waals surface area contributed by atoms with Gasteiger partial charge >= 0.3 is 0 Å². The average Bonchev–Trinajstić information content (AvgIpc) is 1.68. The van der Waals surface area contributed by atoms with Gasteiger partial charge in [-0.2, -0.15) is 0 Å². The van der Waals surface area contributed by atoms with Gasteiger partial charge in [-0.15, -0.1) is 0 Å². The van der Waals surface area contributed by atoms with Gasteiger partial charge in [0.1, 0.15) is 12.8 Å². The van der Waals surface area contributed by atoms with Gasteiger partial charge in [0.2, 0.25) is 0 Å². The van der Waals surface area contributed by atoms with Gasteiger partial charge in [-0.25, -0.2) is 4.39 Å². The molecule has 1 atom stereocenters. The van der Waals surface area contributed by atoms with Crippen molar-refractivity contribution in [2.45, 2.75) is 6.10 Å². The molecule has 0 radical (unpaired) electrons. The Morgan fingerprint density at radius 2 is 2.43 bits per heavy atom. The number of aliphatic hydroxyl groups is 1. The van der Waals surface area contributed by atoms with Crippen LogP contribution in [0.1, 0.15) is 0 Å². The molecule has 0 aromatic rings. The number of alkyl halides is 1. The van der Waals surface area contributed by atoms with Gasteiger partial charge in [0.05, 0.1) is 6.61 Å². The predicted octanol–water partition coefficient (Wildman–Crippen LogP) is -0.0368. The predicted molar refractivity (Wildman–Crippen MR) is 23.9 cm³/mol. The van der Waals surface area contributed by atoms with E-state index in [2.05, 4.69) is 4.74 Å². The van der Waals surface area contributed by atoms with E-state index in [9.17, 15) is 4.39 Å².